The van der Waals surface area contributed by atoms with E-state index >= 15 is 0 Å². The summed E-state index contributed by atoms with van der Waals surface area (Å²) in [5.74, 6) is 0. The van der Waals surface area contributed by atoms with Crippen LogP contribution in [0.1, 0.15) is 34.1 Å². The van der Waals surface area contributed by atoms with Crippen LogP contribution < -0.4 is 0 Å². The van der Waals surface area contributed by atoms with Crippen LogP contribution >= 0.6 is 0 Å². The van der Waals surface area contributed by atoms with Crippen LogP contribution in [0.3, 0.4) is 0 Å². The summed E-state index contributed by atoms with van der Waals surface area (Å²) in [6.45, 7) is 10.0. The first-order valence-electron chi connectivity index (χ1n) is 5.91. The molecular weight excluding hydrogens is 367 g/mol. The molecule has 94 valence electrons. The third kappa shape index (κ3) is 4.68. The Bertz CT molecular complexity index is 208. The zero-order valence-electron chi connectivity index (χ0n) is 11.5. The van der Waals surface area contributed by atoms with Crippen molar-refractivity contribution in [3.05, 3.63) is 0 Å². The van der Waals surface area contributed by atoms with Crippen molar-refractivity contribution in [2.24, 2.45) is 0 Å². The van der Waals surface area contributed by atoms with Gasteiger partial charge in [-0.05, 0) is 0 Å². The fourth-order valence-corrected chi connectivity index (χ4v) is 2.19. The standard InChI is InChI=1S/C12H26N3.Ta/c1-10(2)15(11(3)4)8-7-12(9-13)14(5)6;/h9-11,13H,7-8H2,1-6H3;. The molecule has 0 aromatic carbocycles. The first-order chi connectivity index (χ1) is 7.24. The van der Waals surface area contributed by atoms with Crippen LogP contribution in [-0.4, -0.2) is 52.5 Å². The molecule has 1 N–H and O–H groups in total. The Morgan fingerprint density at radius 2 is 1.62 bits per heavy atom. The van der Waals surface area contributed by atoms with Crippen molar-refractivity contribution in [3.63, 3.8) is 0 Å². The maximum atomic E-state index is 7.59. The van der Waals surface area contributed by atoms with E-state index in [1.807, 2.05) is 0 Å². The van der Waals surface area contributed by atoms with E-state index in [1.54, 1.807) is 6.21 Å². The summed E-state index contributed by atoms with van der Waals surface area (Å²) in [6, 6.07) is 1.16. The van der Waals surface area contributed by atoms with Gasteiger partial charge < -0.3 is 0 Å². The predicted octanol–water partition coefficient (Wildman–Crippen LogP) is 1.95. The molecule has 0 spiro atoms. The summed E-state index contributed by atoms with van der Waals surface area (Å²) < 4.78 is -0.0119. The third-order valence-corrected chi connectivity index (χ3v) is 5.77. The molecule has 0 fully saturated rings. The van der Waals surface area contributed by atoms with Gasteiger partial charge in [-0.25, -0.2) is 0 Å². The van der Waals surface area contributed by atoms with Gasteiger partial charge in [0.1, 0.15) is 0 Å². The number of rotatable bonds is 7. The second-order valence-electron chi connectivity index (χ2n) is 5.09. The van der Waals surface area contributed by atoms with Gasteiger partial charge in [-0.3, -0.25) is 0 Å². The van der Waals surface area contributed by atoms with E-state index in [0.717, 1.165) is 13.0 Å². The van der Waals surface area contributed by atoms with E-state index in [-0.39, 0.29) is 3.76 Å². The van der Waals surface area contributed by atoms with Gasteiger partial charge in [-0.1, -0.05) is 0 Å². The van der Waals surface area contributed by atoms with E-state index in [0.29, 0.717) is 12.1 Å². The molecule has 0 radical (unpaired) electrons. The van der Waals surface area contributed by atoms with E-state index < -0.39 is 0 Å². The molecule has 0 aliphatic rings. The van der Waals surface area contributed by atoms with Gasteiger partial charge in [0.05, 0.1) is 0 Å². The average molecular weight is 393 g/mol. The number of nitrogens with zero attached hydrogens (tertiary/aromatic N) is 2. The van der Waals surface area contributed by atoms with Crippen LogP contribution in [-0.2, 0) is 21.1 Å². The van der Waals surface area contributed by atoms with Gasteiger partial charge in [0.25, 0.3) is 0 Å². The van der Waals surface area contributed by atoms with Crippen LogP contribution in [0.4, 0.5) is 0 Å². The minimum absolute atomic E-state index is 0.0119. The number of hydrogen-bond acceptors (Lipinski definition) is 3. The molecule has 4 heteroatoms. The quantitative estimate of drug-likeness (QED) is 0.671. The molecule has 0 heterocycles. The summed E-state index contributed by atoms with van der Waals surface area (Å²) in [4.78, 5) is 4.67. The average Bonchev–Trinajstić information content (AvgIpc) is 2.16. The van der Waals surface area contributed by atoms with Crippen molar-refractivity contribution >= 4 is 6.21 Å². The SMILES string of the molecule is CC(C)N(CC[C]([Ta])(C=N)N(C)C)C(C)C. The monoisotopic (exact) mass is 393 g/mol. The number of nitrogens with one attached hydrogen (secondary N) is 1. The van der Waals surface area contributed by atoms with Gasteiger partial charge in [0, 0.05) is 0 Å². The summed E-state index contributed by atoms with van der Waals surface area (Å²) in [6.07, 6.45) is 2.66. The van der Waals surface area contributed by atoms with Crippen LogP contribution in [0.15, 0.2) is 0 Å². The summed E-state index contributed by atoms with van der Waals surface area (Å²) in [5.41, 5.74) is 0. The molecule has 0 rings (SSSR count). The van der Waals surface area contributed by atoms with Crippen LogP contribution in [0.2, 0.25) is 0 Å². The van der Waals surface area contributed by atoms with Crippen molar-refractivity contribution in [3.8, 4) is 0 Å². The fraction of sp³-hybridized carbons (Fsp3) is 0.917. The normalized spacial score (nSPS) is 16.1. The van der Waals surface area contributed by atoms with E-state index in [4.69, 9.17) is 5.41 Å². The van der Waals surface area contributed by atoms with Crippen molar-refractivity contribution in [1.82, 2.24) is 9.80 Å². The molecule has 0 aliphatic carbocycles. The molecule has 0 amide bonds. The van der Waals surface area contributed by atoms with Crippen molar-refractivity contribution in [1.29, 1.82) is 5.41 Å². The first-order valence-corrected chi connectivity index (χ1v) is 7.52. The van der Waals surface area contributed by atoms with Gasteiger partial charge in [-0.15, -0.1) is 0 Å². The van der Waals surface area contributed by atoms with Crippen LogP contribution in [0.5, 0.6) is 0 Å². The topological polar surface area (TPSA) is 30.3 Å². The summed E-state index contributed by atoms with van der Waals surface area (Å²) >= 11 is 1.23. The van der Waals surface area contributed by atoms with Crippen LogP contribution in [0, 0.1) is 5.41 Å². The molecule has 1 unspecified atom stereocenters. The molecule has 16 heavy (non-hydrogen) atoms. The number of hydrogen-bond donors (Lipinski definition) is 1. The maximum absolute atomic E-state index is 7.59. The molecule has 0 aromatic heterocycles. The van der Waals surface area contributed by atoms with E-state index in [9.17, 15) is 0 Å². The fourth-order valence-electron chi connectivity index (χ4n) is 1.83. The van der Waals surface area contributed by atoms with E-state index in [1.165, 1.54) is 21.1 Å². The van der Waals surface area contributed by atoms with Gasteiger partial charge >= 0.3 is 113 Å². The zero-order chi connectivity index (χ0) is 12.9. The molecule has 0 aliphatic heterocycles. The minimum atomic E-state index is -0.0119. The van der Waals surface area contributed by atoms with Gasteiger partial charge in [0.15, 0.2) is 0 Å². The molecule has 0 bridgehead atoms. The van der Waals surface area contributed by atoms with Gasteiger partial charge in [0.2, 0.25) is 0 Å². The molecule has 0 saturated carbocycles. The Morgan fingerprint density at radius 3 is 1.88 bits per heavy atom. The second kappa shape index (κ2) is 6.92. The van der Waals surface area contributed by atoms with Crippen molar-refractivity contribution < 1.29 is 21.1 Å². The Morgan fingerprint density at radius 1 is 1.19 bits per heavy atom. The molecule has 0 aromatic rings. The Labute approximate surface area is 113 Å². The Hall–Kier alpha value is 0.330. The Balaban J connectivity index is 4.45. The van der Waals surface area contributed by atoms with E-state index in [2.05, 4.69) is 51.6 Å². The molecular formula is C12H26N3Ta. The predicted molar refractivity (Wildman–Crippen MR) is 66.8 cm³/mol. The first kappa shape index (κ1) is 16.3. The van der Waals surface area contributed by atoms with Crippen molar-refractivity contribution in [2.45, 2.75) is 50.0 Å². The van der Waals surface area contributed by atoms with Crippen molar-refractivity contribution in [2.75, 3.05) is 20.6 Å². The molecule has 0 saturated heterocycles. The second-order valence-corrected chi connectivity index (χ2v) is 7.87. The van der Waals surface area contributed by atoms with Crippen LogP contribution in [0.25, 0.3) is 0 Å². The van der Waals surface area contributed by atoms with Gasteiger partial charge in [-0.2, -0.15) is 0 Å². The third-order valence-electron chi connectivity index (χ3n) is 3.07. The zero-order valence-corrected chi connectivity index (χ0v) is 14.7. The molecule has 1 atom stereocenters. The summed E-state index contributed by atoms with van der Waals surface area (Å²) in [5, 5.41) is 7.59. The molecule has 3 nitrogen and oxygen atoms in total. The Kier molecular flexibility index (Phi) is 7.06. The summed E-state index contributed by atoms with van der Waals surface area (Å²) in [7, 11) is 4.14.